The number of nitrogens with zero attached hydrogens (tertiary/aromatic N) is 2. The van der Waals surface area contributed by atoms with Crippen molar-refractivity contribution in [1.29, 1.82) is 0 Å². The predicted octanol–water partition coefficient (Wildman–Crippen LogP) is 3.36. The van der Waals surface area contributed by atoms with E-state index in [0.29, 0.717) is 11.1 Å². The van der Waals surface area contributed by atoms with Crippen LogP contribution in [0.5, 0.6) is 5.75 Å². The molecule has 1 aromatic heterocycles. The number of halogens is 3. The number of aryl methyl sites for hydroxylation is 1. The van der Waals surface area contributed by atoms with Gasteiger partial charge in [0.15, 0.2) is 0 Å². The van der Waals surface area contributed by atoms with E-state index in [1.807, 2.05) is 20.8 Å². The van der Waals surface area contributed by atoms with Crippen LogP contribution in [-0.4, -0.2) is 27.8 Å². The Morgan fingerprint density at radius 3 is 2.33 bits per heavy atom. The topological polar surface area (TPSA) is 90.1 Å². The fraction of sp³-hybridized carbons (Fsp3) is 0.389. The Morgan fingerprint density at radius 1 is 1.22 bits per heavy atom. The molecule has 0 atom stereocenters. The number of amides is 1. The Hall–Kier alpha value is -2.68. The van der Waals surface area contributed by atoms with Crippen LogP contribution in [0.2, 0.25) is 0 Å². The second-order valence-electron chi connectivity index (χ2n) is 6.79. The number of nitrogens with one attached hydrogen (secondary N) is 1. The highest BCUT2D eigenvalue weighted by Crippen LogP contribution is 2.26. The first-order valence-corrected chi connectivity index (χ1v) is 8.03. The molecule has 0 radical (unpaired) electrons. The summed E-state index contributed by atoms with van der Waals surface area (Å²) in [6.45, 7) is 7.55. The Morgan fingerprint density at radius 2 is 1.85 bits per heavy atom. The average molecular weight is 384 g/mol. The molecule has 9 heteroatoms. The first-order valence-electron chi connectivity index (χ1n) is 8.03. The lowest BCUT2D eigenvalue weighted by molar-refractivity contribution is -0.274. The van der Waals surface area contributed by atoms with E-state index in [1.54, 1.807) is 0 Å². The van der Waals surface area contributed by atoms with E-state index >= 15 is 0 Å². The SMILES string of the molecule is CC(C)(C)N.Cc1cc(CNC(=O)c2cnccn2)ccc1OC(F)(F)F. The van der Waals surface area contributed by atoms with Gasteiger partial charge in [0, 0.05) is 24.5 Å². The molecule has 0 spiro atoms. The highest BCUT2D eigenvalue weighted by Gasteiger charge is 2.31. The van der Waals surface area contributed by atoms with Gasteiger partial charge in [-0.25, -0.2) is 4.98 Å². The highest BCUT2D eigenvalue weighted by atomic mass is 19.4. The summed E-state index contributed by atoms with van der Waals surface area (Å²) in [5, 5.41) is 2.61. The molecule has 148 valence electrons. The van der Waals surface area contributed by atoms with Crippen molar-refractivity contribution < 1.29 is 22.7 Å². The van der Waals surface area contributed by atoms with Gasteiger partial charge in [0.25, 0.3) is 5.91 Å². The molecular formula is C18H23F3N4O2. The fourth-order valence-electron chi connectivity index (χ4n) is 1.75. The minimum atomic E-state index is -4.73. The number of hydrogen-bond donors (Lipinski definition) is 2. The second-order valence-corrected chi connectivity index (χ2v) is 6.79. The van der Waals surface area contributed by atoms with Gasteiger partial charge in [0.1, 0.15) is 11.4 Å². The number of benzene rings is 1. The lowest BCUT2D eigenvalue weighted by Crippen LogP contribution is -2.26. The van der Waals surface area contributed by atoms with Crippen LogP contribution < -0.4 is 15.8 Å². The number of aromatic nitrogens is 2. The number of carbonyl (C=O) groups is 1. The smallest absolute Gasteiger partial charge is 0.406 e. The van der Waals surface area contributed by atoms with E-state index in [-0.39, 0.29) is 23.5 Å². The molecule has 0 saturated heterocycles. The minimum absolute atomic E-state index is 0. The van der Waals surface area contributed by atoms with Crippen molar-refractivity contribution in [3.63, 3.8) is 0 Å². The van der Waals surface area contributed by atoms with E-state index in [4.69, 9.17) is 5.73 Å². The zero-order valence-corrected chi connectivity index (χ0v) is 15.6. The van der Waals surface area contributed by atoms with Gasteiger partial charge in [-0.3, -0.25) is 9.78 Å². The van der Waals surface area contributed by atoms with Crippen LogP contribution in [0, 0.1) is 6.92 Å². The number of nitrogens with two attached hydrogens (primary N) is 1. The Bertz CT molecular complexity index is 739. The summed E-state index contributed by atoms with van der Waals surface area (Å²) in [5.74, 6) is -0.683. The molecular weight excluding hydrogens is 361 g/mol. The average Bonchev–Trinajstić information content (AvgIpc) is 2.53. The standard InChI is InChI=1S/C14H12F3N3O2.C4H11N/c1-9-6-10(2-3-12(9)22-14(15,16)17)7-20-13(21)11-8-18-4-5-19-11;1-4(2,3)5/h2-6,8H,7H2,1H3,(H,20,21);5H2,1-3H3. The number of ether oxygens (including phenoxy) is 1. The van der Waals surface area contributed by atoms with Gasteiger partial charge in [-0.15, -0.1) is 13.2 Å². The van der Waals surface area contributed by atoms with Crippen LogP contribution in [0.1, 0.15) is 42.4 Å². The van der Waals surface area contributed by atoms with Crippen molar-refractivity contribution >= 4 is 5.91 Å². The van der Waals surface area contributed by atoms with Crippen LogP contribution in [0.3, 0.4) is 0 Å². The van der Waals surface area contributed by atoms with Crippen molar-refractivity contribution in [3.05, 3.63) is 53.6 Å². The van der Waals surface area contributed by atoms with Crippen LogP contribution in [0.4, 0.5) is 13.2 Å². The van der Waals surface area contributed by atoms with Gasteiger partial charge in [-0.05, 0) is 44.9 Å². The predicted molar refractivity (Wildman–Crippen MR) is 95.0 cm³/mol. The summed E-state index contributed by atoms with van der Waals surface area (Å²) in [6, 6.07) is 4.18. The minimum Gasteiger partial charge on any atom is -0.406 e. The first-order chi connectivity index (χ1) is 12.3. The van der Waals surface area contributed by atoms with Crippen molar-refractivity contribution in [2.45, 2.75) is 46.1 Å². The molecule has 1 heterocycles. The van der Waals surface area contributed by atoms with E-state index in [9.17, 15) is 18.0 Å². The molecule has 0 fully saturated rings. The molecule has 0 saturated carbocycles. The Labute approximate surface area is 156 Å². The van der Waals surface area contributed by atoms with E-state index in [2.05, 4.69) is 20.0 Å². The maximum absolute atomic E-state index is 12.2. The Kier molecular flexibility index (Phi) is 7.71. The monoisotopic (exact) mass is 384 g/mol. The van der Waals surface area contributed by atoms with Gasteiger partial charge in [0.05, 0.1) is 6.20 Å². The van der Waals surface area contributed by atoms with Crippen molar-refractivity contribution in [2.75, 3.05) is 0 Å². The van der Waals surface area contributed by atoms with Gasteiger partial charge in [0.2, 0.25) is 0 Å². The van der Waals surface area contributed by atoms with Gasteiger partial charge in [-0.1, -0.05) is 12.1 Å². The van der Waals surface area contributed by atoms with Gasteiger partial charge >= 0.3 is 6.36 Å². The summed E-state index contributed by atoms with van der Waals surface area (Å²) < 4.78 is 40.4. The summed E-state index contributed by atoms with van der Waals surface area (Å²) in [5.41, 5.74) is 6.48. The first kappa shape index (κ1) is 22.4. The fourth-order valence-corrected chi connectivity index (χ4v) is 1.75. The summed E-state index contributed by atoms with van der Waals surface area (Å²) in [7, 11) is 0. The lowest BCUT2D eigenvalue weighted by Gasteiger charge is -2.12. The van der Waals surface area contributed by atoms with E-state index in [1.165, 1.54) is 43.7 Å². The molecule has 2 rings (SSSR count). The van der Waals surface area contributed by atoms with Crippen molar-refractivity contribution in [1.82, 2.24) is 15.3 Å². The van der Waals surface area contributed by atoms with Crippen LogP contribution >= 0.6 is 0 Å². The third kappa shape index (κ3) is 10.1. The molecule has 0 unspecified atom stereocenters. The van der Waals surface area contributed by atoms with Crippen LogP contribution in [0.25, 0.3) is 0 Å². The van der Waals surface area contributed by atoms with E-state index < -0.39 is 12.3 Å². The van der Waals surface area contributed by atoms with Crippen LogP contribution in [0.15, 0.2) is 36.8 Å². The number of rotatable bonds is 4. The zero-order valence-electron chi connectivity index (χ0n) is 15.6. The van der Waals surface area contributed by atoms with Crippen molar-refractivity contribution in [2.24, 2.45) is 5.73 Å². The molecule has 2 aromatic rings. The Balaban J connectivity index is 0.000000646. The summed E-state index contributed by atoms with van der Waals surface area (Å²) >= 11 is 0. The molecule has 27 heavy (non-hydrogen) atoms. The van der Waals surface area contributed by atoms with Gasteiger partial charge in [-0.2, -0.15) is 0 Å². The number of hydrogen-bond acceptors (Lipinski definition) is 5. The molecule has 1 amide bonds. The summed E-state index contributed by atoms with van der Waals surface area (Å²) in [6.07, 6.45) is -0.574. The zero-order chi connectivity index (χ0) is 20.7. The lowest BCUT2D eigenvalue weighted by atomic mass is 10.1. The van der Waals surface area contributed by atoms with Crippen molar-refractivity contribution in [3.8, 4) is 5.75 Å². The maximum Gasteiger partial charge on any atom is 0.573 e. The third-order valence-electron chi connectivity index (χ3n) is 2.71. The number of alkyl halides is 3. The quantitative estimate of drug-likeness (QED) is 0.844. The third-order valence-corrected chi connectivity index (χ3v) is 2.71. The molecule has 1 aromatic carbocycles. The maximum atomic E-state index is 12.2. The molecule has 0 bridgehead atoms. The summed E-state index contributed by atoms with van der Waals surface area (Å²) in [4.78, 5) is 19.4. The molecule has 0 aliphatic carbocycles. The van der Waals surface area contributed by atoms with E-state index in [0.717, 1.165) is 0 Å². The molecule has 0 aliphatic heterocycles. The molecule has 0 aliphatic rings. The molecule has 6 nitrogen and oxygen atoms in total. The largest absolute Gasteiger partial charge is 0.573 e. The molecule has 3 N–H and O–H groups in total. The normalized spacial score (nSPS) is 11.3. The highest BCUT2D eigenvalue weighted by molar-refractivity contribution is 5.91. The van der Waals surface area contributed by atoms with Gasteiger partial charge < -0.3 is 15.8 Å². The second kappa shape index (κ2) is 9.31. The number of carbonyl (C=O) groups excluding carboxylic acids is 1. The van der Waals surface area contributed by atoms with Crippen LogP contribution in [-0.2, 0) is 6.54 Å².